The van der Waals surface area contributed by atoms with Gasteiger partial charge in [-0.25, -0.2) is 0 Å². The third-order valence-electron chi connectivity index (χ3n) is 8.01. The molecular weight excluding hydrogens is 388 g/mol. The molecule has 3 heterocycles. The Hall–Kier alpha value is -1.59. The van der Waals surface area contributed by atoms with E-state index in [0.717, 1.165) is 25.4 Å². The van der Waals surface area contributed by atoms with E-state index < -0.39 is 0 Å². The van der Waals surface area contributed by atoms with E-state index in [1.807, 2.05) is 0 Å². The summed E-state index contributed by atoms with van der Waals surface area (Å²) in [4.78, 5) is 17.3. The molecule has 1 unspecified atom stereocenters. The minimum Gasteiger partial charge on any atom is -0.493 e. The lowest BCUT2D eigenvalue weighted by Gasteiger charge is -2.50. The average Bonchev–Trinajstić information content (AvgIpc) is 3.16. The summed E-state index contributed by atoms with van der Waals surface area (Å²) in [5.74, 6) is 2.71. The summed E-state index contributed by atoms with van der Waals surface area (Å²) in [5.41, 5.74) is 1.80. The van der Waals surface area contributed by atoms with E-state index in [0.29, 0.717) is 42.4 Å². The number of piperidine rings is 1. The SMILES string of the molecule is CC(C)COc1ccccc1C1CCN(C2CCC3(C2)CN(C(=O)C2COC2)C3)CC1. The molecule has 1 spiro atoms. The van der Waals surface area contributed by atoms with Crippen molar-refractivity contribution in [1.29, 1.82) is 0 Å². The smallest absolute Gasteiger partial charge is 0.230 e. The maximum atomic E-state index is 12.4. The van der Waals surface area contributed by atoms with Crippen molar-refractivity contribution in [1.82, 2.24) is 9.80 Å². The molecule has 5 rings (SSSR count). The molecule has 31 heavy (non-hydrogen) atoms. The Balaban J connectivity index is 1.12. The molecule has 1 aromatic carbocycles. The molecule has 4 fully saturated rings. The van der Waals surface area contributed by atoms with E-state index in [1.165, 1.54) is 50.8 Å². The summed E-state index contributed by atoms with van der Waals surface area (Å²) in [5, 5.41) is 0. The fraction of sp³-hybridized carbons (Fsp3) is 0.731. The van der Waals surface area contributed by atoms with E-state index in [1.54, 1.807) is 0 Å². The number of amides is 1. The highest BCUT2D eigenvalue weighted by Crippen LogP contribution is 2.48. The molecule has 3 aliphatic heterocycles. The summed E-state index contributed by atoms with van der Waals surface area (Å²) in [6.45, 7) is 10.8. The van der Waals surface area contributed by atoms with Gasteiger partial charge in [0.1, 0.15) is 5.75 Å². The van der Waals surface area contributed by atoms with E-state index in [2.05, 4.69) is 47.9 Å². The predicted octanol–water partition coefficient (Wildman–Crippen LogP) is 3.93. The van der Waals surface area contributed by atoms with Crippen LogP contribution in [0, 0.1) is 17.3 Å². The first kappa shape index (κ1) is 21.3. The summed E-state index contributed by atoms with van der Waals surface area (Å²) in [6.07, 6.45) is 6.30. The van der Waals surface area contributed by atoms with Gasteiger partial charge in [-0.3, -0.25) is 4.79 Å². The van der Waals surface area contributed by atoms with Crippen LogP contribution in [0.2, 0.25) is 0 Å². The second-order valence-corrected chi connectivity index (χ2v) is 10.9. The largest absolute Gasteiger partial charge is 0.493 e. The zero-order valence-corrected chi connectivity index (χ0v) is 19.2. The maximum absolute atomic E-state index is 12.4. The van der Waals surface area contributed by atoms with Crippen LogP contribution in [0.15, 0.2) is 24.3 Å². The quantitative estimate of drug-likeness (QED) is 0.691. The summed E-state index contributed by atoms with van der Waals surface area (Å²) in [6, 6.07) is 9.37. The number of carbonyl (C=O) groups is 1. The number of benzene rings is 1. The highest BCUT2D eigenvalue weighted by atomic mass is 16.5. The fourth-order valence-corrected chi connectivity index (χ4v) is 6.11. The Morgan fingerprint density at radius 3 is 2.58 bits per heavy atom. The number of ether oxygens (including phenoxy) is 2. The Bertz CT molecular complexity index is 777. The van der Waals surface area contributed by atoms with Gasteiger partial charge in [-0.15, -0.1) is 0 Å². The lowest BCUT2D eigenvalue weighted by Crippen LogP contribution is -2.61. The molecule has 0 aromatic heterocycles. The van der Waals surface area contributed by atoms with Crippen molar-refractivity contribution >= 4 is 5.91 Å². The van der Waals surface area contributed by atoms with Gasteiger partial charge in [0.05, 0.1) is 25.7 Å². The molecule has 1 aromatic rings. The number of para-hydroxylation sites is 1. The monoisotopic (exact) mass is 426 g/mol. The molecule has 0 N–H and O–H groups in total. The standard InChI is InChI=1S/C26H38N2O3/c1-19(2)14-31-24-6-4-3-5-23(24)20-8-11-27(12-9-20)22-7-10-26(13-22)17-28(18-26)25(29)21-15-30-16-21/h3-6,19-22H,7-18H2,1-2H3. The predicted molar refractivity (Wildman–Crippen MR) is 121 cm³/mol. The number of rotatable bonds is 6. The van der Waals surface area contributed by atoms with Crippen molar-refractivity contribution < 1.29 is 14.3 Å². The first-order valence-electron chi connectivity index (χ1n) is 12.4. The summed E-state index contributed by atoms with van der Waals surface area (Å²) < 4.78 is 11.3. The molecule has 0 radical (unpaired) electrons. The summed E-state index contributed by atoms with van der Waals surface area (Å²) >= 11 is 0. The lowest BCUT2D eigenvalue weighted by atomic mass is 9.77. The van der Waals surface area contributed by atoms with E-state index in [-0.39, 0.29) is 5.92 Å². The Kier molecular flexibility index (Phi) is 6.00. The number of carbonyl (C=O) groups excluding carboxylic acids is 1. The van der Waals surface area contributed by atoms with Gasteiger partial charge < -0.3 is 19.3 Å². The van der Waals surface area contributed by atoms with Crippen molar-refractivity contribution in [3.05, 3.63) is 29.8 Å². The molecule has 5 heteroatoms. The van der Waals surface area contributed by atoms with Gasteiger partial charge in [-0.05, 0) is 68.7 Å². The fourth-order valence-electron chi connectivity index (χ4n) is 6.11. The van der Waals surface area contributed by atoms with E-state index in [9.17, 15) is 4.79 Å². The van der Waals surface area contributed by atoms with Crippen LogP contribution in [-0.2, 0) is 9.53 Å². The topological polar surface area (TPSA) is 42.0 Å². The van der Waals surface area contributed by atoms with Crippen LogP contribution in [0.3, 0.4) is 0 Å². The van der Waals surface area contributed by atoms with Gasteiger partial charge in [-0.1, -0.05) is 32.0 Å². The third-order valence-corrected chi connectivity index (χ3v) is 8.01. The van der Waals surface area contributed by atoms with Gasteiger partial charge in [0.15, 0.2) is 0 Å². The van der Waals surface area contributed by atoms with Crippen LogP contribution in [0.5, 0.6) is 5.75 Å². The minimum atomic E-state index is 0.140. The van der Waals surface area contributed by atoms with Crippen LogP contribution in [0.1, 0.15) is 57.4 Å². The molecule has 4 aliphatic rings. The van der Waals surface area contributed by atoms with Crippen molar-refractivity contribution in [2.45, 2.75) is 57.9 Å². The first-order valence-corrected chi connectivity index (χ1v) is 12.4. The number of hydrogen-bond acceptors (Lipinski definition) is 4. The molecule has 170 valence electrons. The average molecular weight is 427 g/mol. The third kappa shape index (κ3) is 4.36. The molecule has 0 bridgehead atoms. The Labute approximate surface area is 187 Å². The number of hydrogen-bond donors (Lipinski definition) is 0. The van der Waals surface area contributed by atoms with Crippen molar-refractivity contribution in [2.75, 3.05) is 46.0 Å². The highest BCUT2D eigenvalue weighted by molar-refractivity contribution is 5.80. The summed E-state index contributed by atoms with van der Waals surface area (Å²) in [7, 11) is 0. The molecule has 3 saturated heterocycles. The molecule has 1 amide bonds. The van der Waals surface area contributed by atoms with Crippen LogP contribution in [0.4, 0.5) is 0 Å². The van der Waals surface area contributed by atoms with Gasteiger partial charge in [0.25, 0.3) is 0 Å². The molecular formula is C26H38N2O3. The number of likely N-dealkylation sites (tertiary alicyclic amines) is 2. The Morgan fingerprint density at radius 1 is 1.16 bits per heavy atom. The van der Waals surface area contributed by atoms with Crippen LogP contribution in [0.25, 0.3) is 0 Å². The van der Waals surface area contributed by atoms with Crippen molar-refractivity contribution in [3.63, 3.8) is 0 Å². The van der Waals surface area contributed by atoms with Crippen molar-refractivity contribution in [2.24, 2.45) is 17.3 Å². The van der Waals surface area contributed by atoms with Crippen LogP contribution < -0.4 is 4.74 Å². The zero-order valence-electron chi connectivity index (χ0n) is 19.2. The van der Waals surface area contributed by atoms with Gasteiger partial charge >= 0.3 is 0 Å². The normalized spacial score (nSPS) is 26.8. The van der Waals surface area contributed by atoms with Crippen LogP contribution in [-0.4, -0.2) is 67.7 Å². The maximum Gasteiger partial charge on any atom is 0.230 e. The highest BCUT2D eigenvalue weighted by Gasteiger charge is 2.52. The van der Waals surface area contributed by atoms with Crippen LogP contribution >= 0.6 is 0 Å². The van der Waals surface area contributed by atoms with E-state index in [4.69, 9.17) is 9.47 Å². The second-order valence-electron chi connectivity index (χ2n) is 10.9. The second kappa shape index (κ2) is 8.74. The lowest BCUT2D eigenvalue weighted by molar-refractivity contribution is -0.161. The van der Waals surface area contributed by atoms with E-state index >= 15 is 0 Å². The van der Waals surface area contributed by atoms with Gasteiger partial charge in [0, 0.05) is 24.5 Å². The molecule has 1 saturated carbocycles. The van der Waals surface area contributed by atoms with Crippen molar-refractivity contribution in [3.8, 4) is 5.75 Å². The zero-order chi connectivity index (χ0) is 21.4. The number of nitrogens with zero attached hydrogens (tertiary/aromatic N) is 2. The minimum absolute atomic E-state index is 0.140. The molecule has 1 atom stereocenters. The molecule has 1 aliphatic carbocycles. The van der Waals surface area contributed by atoms with Gasteiger partial charge in [-0.2, -0.15) is 0 Å². The Morgan fingerprint density at radius 2 is 1.90 bits per heavy atom. The molecule has 5 nitrogen and oxygen atoms in total. The van der Waals surface area contributed by atoms with Gasteiger partial charge in [0.2, 0.25) is 5.91 Å². The first-order chi connectivity index (χ1) is 15.0.